The van der Waals surface area contributed by atoms with Crippen LogP contribution in [0.1, 0.15) is 0 Å². The summed E-state index contributed by atoms with van der Waals surface area (Å²) in [5.41, 5.74) is 4.15. The molecular weight excluding hydrogens is 507 g/mol. The van der Waals surface area contributed by atoms with E-state index in [4.69, 9.17) is 0 Å². The zero-order chi connectivity index (χ0) is 16.8. The second-order valence-corrected chi connectivity index (χ2v) is 6.18. The van der Waals surface area contributed by atoms with E-state index in [-0.39, 0.29) is 32.9 Å². The molecule has 0 radical (unpaired) electrons. The molecule has 4 aliphatic rings. The fraction of sp³-hybridized carbons (Fsp3) is 0.0500. The van der Waals surface area contributed by atoms with Crippen molar-refractivity contribution in [2.75, 3.05) is 0 Å². The molecule has 0 aromatic carbocycles. The zero-order valence-corrected chi connectivity index (χ0v) is 15.8. The first kappa shape index (κ1) is 16.7. The smallest absolute Gasteiger partial charge is 0.183 e. The second kappa shape index (κ2) is 6.50. The van der Waals surface area contributed by atoms with Gasteiger partial charge in [0.15, 0.2) is 5.78 Å². The largest absolute Gasteiger partial charge is 0.372 e. The summed E-state index contributed by atoms with van der Waals surface area (Å²) in [6.45, 7) is 0. The summed E-state index contributed by atoms with van der Waals surface area (Å²) in [5, 5.41) is 5.12. The van der Waals surface area contributed by atoms with Crippen molar-refractivity contribution in [1.82, 2.24) is 10.3 Å². The van der Waals surface area contributed by atoms with Gasteiger partial charge in [0.25, 0.3) is 0 Å². The van der Waals surface area contributed by atoms with Gasteiger partial charge in [-0.3, -0.25) is 4.79 Å². The van der Waals surface area contributed by atoms with Gasteiger partial charge in [-0.25, -0.2) is 9.98 Å². The van der Waals surface area contributed by atoms with Gasteiger partial charge in [-0.1, -0.05) is 0 Å². The standard InChI is InChI=1S/C20H14N4O.Pt/c25-20-11-18-9-16-4-3-14(22-16)7-12-1-2-13(21-12)8-15-5-6-17(23-15)10-19(20)24-18;/h1-11,19,22,24H;. The first-order valence-electron chi connectivity index (χ1n) is 8.09. The Morgan fingerprint density at radius 2 is 1.50 bits per heavy atom. The van der Waals surface area contributed by atoms with Crippen LogP contribution in [0.2, 0.25) is 0 Å². The molecule has 26 heavy (non-hydrogen) atoms. The molecule has 0 spiro atoms. The van der Waals surface area contributed by atoms with Gasteiger partial charge in [-0.2, -0.15) is 0 Å². The van der Waals surface area contributed by atoms with Crippen molar-refractivity contribution in [1.29, 1.82) is 0 Å². The van der Waals surface area contributed by atoms with Crippen molar-refractivity contribution in [3.05, 3.63) is 82.5 Å². The maximum Gasteiger partial charge on any atom is 0.183 e. The molecule has 130 valence electrons. The number of aromatic amines is 1. The first-order valence-corrected chi connectivity index (χ1v) is 8.09. The number of aliphatic imine (C=N–C) groups is 2. The van der Waals surface area contributed by atoms with Crippen molar-refractivity contribution in [2.45, 2.75) is 6.04 Å². The molecule has 6 heteroatoms. The molecule has 5 rings (SSSR count). The van der Waals surface area contributed by atoms with Crippen molar-refractivity contribution in [2.24, 2.45) is 9.98 Å². The van der Waals surface area contributed by atoms with Crippen LogP contribution in [0, 0.1) is 0 Å². The number of allylic oxidation sites excluding steroid dienone is 6. The van der Waals surface area contributed by atoms with Crippen LogP contribution in [-0.2, 0) is 25.9 Å². The van der Waals surface area contributed by atoms with E-state index < -0.39 is 0 Å². The van der Waals surface area contributed by atoms with Gasteiger partial charge in [0.05, 0.1) is 22.8 Å². The van der Waals surface area contributed by atoms with Crippen LogP contribution in [0.15, 0.2) is 81.7 Å². The molecule has 1 aromatic rings. The molecular formula is C20H14N4OPt. The minimum Gasteiger partial charge on any atom is -0.372 e. The van der Waals surface area contributed by atoms with E-state index in [1.165, 1.54) is 0 Å². The zero-order valence-electron chi connectivity index (χ0n) is 13.5. The van der Waals surface area contributed by atoms with Gasteiger partial charge >= 0.3 is 0 Å². The van der Waals surface area contributed by atoms with E-state index in [0.29, 0.717) is 0 Å². The van der Waals surface area contributed by atoms with Crippen molar-refractivity contribution in [3.8, 4) is 0 Å². The Hall–Kier alpha value is -2.78. The fourth-order valence-electron chi connectivity index (χ4n) is 3.11. The number of nitrogens with one attached hydrogen (secondary N) is 2. The van der Waals surface area contributed by atoms with Crippen molar-refractivity contribution < 1.29 is 25.9 Å². The Morgan fingerprint density at radius 1 is 0.808 bits per heavy atom. The van der Waals surface area contributed by atoms with E-state index in [2.05, 4.69) is 20.3 Å². The molecule has 0 fully saturated rings. The maximum absolute atomic E-state index is 12.2. The maximum atomic E-state index is 12.2. The minimum absolute atomic E-state index is 0. The summed E-state index contributed by atoms with van der Waals surface area (Å²) in [6.07, 6.45) is 17.1. The number of ketones is 1. The third-order valence-electron chi connectivity index (χ3n) is 4.27. The molecule has 1 atom stereocenters. The monoisotopic (exact) mass is 521 g/mol. The minimum atomic E-state index is -0.383. The predicted molar refractivity (Wildman–Crippen MR) is 98.3 cm³/mol. The average Bonchev–Trinajstić information content (AvgIpc) is 3.33. The van der Waals surface area contributed by atoms with Crippen LogP contribution >= 0.6 is 0 Å². The number of carbonyl (C=O) groups is 1. The molecule has 8 bridgehead atoms. The summed E-state index contributed by atoms with van der Waals surface area (Å²) in [4.78, 5) is 24.7. The molecule has 4 aliphatic heterocycles. The summed E-state index contributed by atoms with van der Waals surface area (Å²) in [6, 6.07) is 3.59. The normalized spacial score (nSPS) is 22.2. The van der Waals surface area contributed by atoms with Gasteiger partial charge in [-0.05, 0) is 60.7 Å². The molecule has 0 saturated heterocycles. The number of hydrogen-bond donors (Lipinski definition) is 2. The Balaban J connectivity index is 0.00000168. The van der Waals surface area contributed by atoms with E-state index in [1.54, 1.807) is 6.08 Å². The number of hydrogen-bond acceptors (Lipinski definition) is 4. The van der Waals surface area contributed by atoms with Crippen LogP contribution in [0.3, 0.4) is 0 Å². The Kier molecular flexibility index (Phi) is 4.17. The van der Waals surface area contributed by atoms with E-state index in [0.717, 1.165) is 39.2 Å². The van der Waals surface area contributed by atoms with Gasteiger partial charge in [0, 0.05) is 43.5 Å². The van der Waals surface area contributed by atoms with Crippen LogP contribution in [0.25, 0.3) is 12.2 Å². The number of H-pyrrole nitrogens is 1. The van der Waals surface area contributed by atoms with E-state index in [9.17, 15) is 4.79 Å². The summed E-state index contributed by atoms with van der Waals surface area (Å²) in [5.74, 6) is 0.0318. The molecule has 0 aliphatic carbocycles. The third kappa shape index (κ3) is 3.18. The molecule has 0 amide bonds. The van der Waals surface area contributed by atoms with Crippen LogP contribution in [0.4, 0.5) is 0 Å². The molecule has 1 aromatic heterocycles. The average molecular weight is 521 g/mol. The molecule has 5 nitrogen and oxygen atoms in total. The topological polar surface area (TPSA) is 69.6 Å². The molecule has 1 unspecified atom stereocenters. The summed E-state index contributed by atoms with van der Waals surface area (Å²) < 4.78 is 0. The third-order valence-corrected chi connectivity index (χ3v) is 4.27. The van der Waals surface area contributed by atoms with Crippen LogP contribution in [-0.4, -0.2) is 28.2 Å². The summed E-state index contributed by atoms with van der Waals surface area (Å²) >= 11 is 0. The first-order chi connectivity index (χ1) is 12.2. The van der Waals surface area contributed by atoms with Crippen LogP contribution < -0.4 is 16.0 Å². The van der Waals surface area contributed by atoms with E-state index in [1.807, 2.05) is 60.7 Å². The van der Waals surface area contributed by atoms with Crippen LogP contribution in [0.5, 0.6) is 0 Å². The number of nitrogens with zero attached hydrogens (tertiary/aromatic N) is 2. The predicted octanol–water partition coefficient (Wildman–Crippen LogP) is 0.801. The number of fused-ring (bicyclic) bond motifs is 6. The Morgan fingerprint density at radius 3 is 2.35 bits per heavy atom. The number of carbonyl (C=O) groups excluding carboxylic acids is 1. The summed E-state index contributed by atoms with van der Waals surface area (Å²) in [7, 11) is 0. The fourth-order valence-corrected chi connectivity index (χ4v) is 3.11. The molecule has 2 N–H and O–H groups in total. The Bertz CT molecular complexity index is 1140. The SMILES string of the molecule is O=C1C=C2C=c3ccc([nH]3)=CC3=NC(=CC4=NC(=CC1N2)C=C4)C=C3.[Pt]. The van der Waals surface area contributed by atoms with E-state index >= 15 is 0 Å². The van der Waals surface area contributed by atoms with Crippen molar-refractivity contribution in [3.63, 3.8) is 0 Å². The second-order valence-electron chi connectivity index (χ2n) is 6.18. The van der Waals surface area contributed by atoms with Gasteiger partial charge < -0.3 is 10.3 Å². The number of rotatable bonds is 0. The Labute approximate surface area is 164 Å². The van der Waals surface area contributed by atoms with Gasteiger partial charge in [-0.15, -0.1) is 0 Å². The molecule has 0 saturated carbocycles. The van der Waals surface area contributed by atoms with Gasteiger partial charge in [0.1, 0.15) is 6.04 Å². The quantitative estimate of drug-likeness (QED) is 0.531. The van der Waals surface area contributed by atoms with Crippen molar-refractivity contribution >= 4 is 29.4 Å². The molecule has 5 heterocycles. The van der Waals surface area contributed by atoms with Gasteiger partial charge in [0.2, 0.25) is 0 Å². The number of aromatic nitrogens is 1.